The topological polar surface area (TPSA) is 0 Å². The van der Waals surface area contributed by atoms with Crippen molar-refractivity contribution in [3.8, 4) is 0 Å². The van der Waals surface area contributed by atoms with Gasteiger partial charge in [0.2, 0.25) is 0 Å². The molecule has 0 amide bonds. The average Bonchev–Trinajstić information content (AvgIpc) is 2.63. The van der Waals surface area contributed by atoms with Crippen molar-refractivity contribution in [1.29, 1.82) is 0 Å². The van der Waals surface area contributed by atoms with E-state index < -0.39 is 0 Å². The van der Waals surface area contributed by atoms with Gasteiger partial charge < -0.3 is 0 Å². The smallest absolute Gasteiger partial charge is 0.0162 e. The van der Waals surface area contributed by atoms with E-state index in [1.54, 1.807) is 11.1 Å². The van der Waals surface area contributed by atoms with Gasteiger partial charge in [0.1, 0.15) is 0 Å². The van der Waals surface area contributed by atoms with Crippen LogP contribution in [0, 0.1) is 11.8 Å². The summed E-state index contributed by atoms with van der Waals surface area (Å²) in [6.07, 6.45) is 18.5. The second kappa shape index (κ2) is 8.88. The van der Waals surface area contributed by atoms with Gasteiger partial charge >= 0.3 is 0 Å². The average molecular weight is 325 g/mol. The first-order valence-electron chi connectivity index (χ1n) is 10.5. The number of hydrogen-bond acceptors (Lipinski definition) is 0. The lowest BCUT2D eigenvalue weighted by Gasteiger charge is -2.29. The third-order valence-electron chi connectivity index (χ3n) is 6.72. The molecule has 2 saturated carbocycles. The van der Waals surface area contributed by atoms with Gasteiger partial charge in [0.15, 0.2) is 0 Å². The highest BCUT2D eigenvalue weighted by Gasteiger charge is 2.23. The van der Waals surface area contributed by atoms with Crippen LogP contribution in [0.5, 0.6) is 0 Å². The van der Waals surface area contributed by atoms with Crippen LogP contribution in [0.2, 0.25) is 0 Å². The first kappa shape index (κ1) is 17.8. The second-order valence-electron chi connectivity index (χ2n) is 8.49. The predicted molar refractivity (Wildman–Crippen MR) is 106 cm³/mol. The maximum atomic E-state index is 2.46. The molecule has 0 nitrogen and oxygen atoms in total. The Labute approximate surface area is 149 Å². The number of hydrogen-bond donors (Lipinski definition) is 0. The highest BCUT2D eigenvalue weighted by molar-refractivity contribution is 5.28. The van der Waals surface area contributed by atoms with Crippen molar-refractivity contribution in [2.24, 2.45) is 11.8 Å². The summed E-state index contributed by atoms with van der Waals surface area (Å²) < 4.78 is 0. The summed E-state index contributed by atoms with van der Waals surface area (Å²) in [6.45, 7) is 4.54. The maximum Gasteiger partial charge on any atom is -0.0162 e. The Morgan fingerprint density at radius 1 is 0.792 bits per heavy atom. The molecular formula is C24H36. The summed E-state index contributed by atoms with van der Waals surface area (Å²) >= 11 is 0. The minimum Gasteiger partial charge on any atom is -0.0917 e. The van der Waals surface area contributed by atoms with Crippen LogP contribution in [0.1, 0.15) is 101 Å². The summed E-state index contributed by atoms with van der Waals surface area (Å²) in [5.41, 5.74) is 3.21. The summed E-state index contributed by atoms with van der Waals surface area (Å²) in [6, 6.07) is 9.82. The van der Waals surface area contributed by atoms with E-state index in [2.05, 4.69) is 50.3 Å². The fourth-order valence-corrected chi connectivity index (χ4v) is 4.92. The fraction of sp³-hybridized carbons (Fsp3) is 0.667. The van der Waals surface area contributed by atoms with Crippen LogP contribution in [-0.4, -0.2) is 0 Å². The van der Waals surface area contributed by atoms with Crippen molar-refractivity contribution >= 4 is 0 Å². The van der Waals surface area contributed by atoms with Crippen molar-refractivity contribution in [2.45, 2.75) is 89.9 Å². The van der Waals surface area contributed by atoms with Gasteiger partial charge in [-0.25, -0.2) is 0 Å². The van der Waals surface area contributed by atoms with Crippen molar-refractivity contribution < 1.29 is 0 Å². The van der Waals surface area contributed by atoms with Gasteiger partial charge in [0, 0.05) is 0 Å². The molecule has 0 N–H and O–H groups in total. The van der Waals surface area contributed by atoms with Gasteiger partial charge in [-0.05, 0) is 93.1 Å². The molecule has 0 spiro atoms. The Hall–Kier alpha value is -1.04. The molecule has 1 aromatic carbocycles. The zero-order valence-electron chi connectivity index (χ0n) is 15.8. The third-order valence-corrected chi connectivity index (χ3v) is 6.72. The zero-order valence-corrected chi connectivity index (χ0v) is 15.8. The lowest BCUT2D eigenvalue weighted by Crippen LogP contribution is -2.14. The monoisotopic (exact) mass is 324 g/mol. The second-order valence-corrected chi connectivity index (χ2v) is 8.49. The molecule has 2 fully saturated rings. The largest absolute Gasteiger partial charge is 0.0917 e. The Morgan fingerprint density at radius 2 is 1.29 bits per heavy atom. The Morgan fingerprint density at radius 3 is 1.79 bits per heavy atom. The van der Waals surface area contributed by atoms with Gasteiger partial charge in [-0.3, -0.25) is 0 Å². The molecule has 0 bridgehead atoms. The van der Waals surface area contributed by atoms with E-state index in [0.29, 0.717) is 0 Å². The molecule has 2 aliphatic carbocycles. The Kier molecular flexibility index (Phi) is 6.58. The Bertz CT molecular complexity index is 493. The molecule has 0 heterocycles. The standard InChI is InChI=1S/C24H36/c1-3-4-5-6-20-9-13-22(14-10-20)24-17-15-23(16-18-24)21-11-7-19(2)8-12-21/h3-4,15-22H,5-14H2,1-2H3/b4-3+. The van der Waals surface area contributed by atoms with Crippen LogP contribution in [0.25, 0.3) is 0 Å². The minimum atomic E-state index is 0.823. The molecule has 0 atom stereocenters. The molecule has 24 heavy (non-hydrogen) atoms. The molecule has 2 aliphatic rings. The van der Waals surface area contributed by atoms with Gasteiger partial charge in [-0.1, -0.05) is 56.2 Å². The number of benzene rings is 1. The molecule has 132 valence electrons. The Balaban J connectivity index is 1.49. The van der Waals surface area contributed by atoms with Crippen LogP contribution in [0.4, 0.5) is 0 Å². The van der Waals surface area contributed by atoms with Gasteiger partial charge in [-0.2, -0.15) is 0 Å². The van der Waals surface area contributed by atoms with Crippen LogP contribution in [-0.2, 0) is 0 Å². The fourth-order valence-electron chi connectivity index (χ4n) is 4.92. The van der Waals surface area contributed by atoms with Crippen molar-refractivity contribution in [1.82, 2.24) is 0 Å². The summed E-state index contributed by atoms with van der Waals surface area (Å²) in [5, 5.41) is 0. The lowest BCUT2D eigenvalue weighted by atomic mass is 9.76. The van der Waals surface area contributed by atoms with Crippen LogP contribution >= 0.6 is 0 Å². The number of allylic oxidation sites excluding steroid dienone is 2. The van der Waals surface area contributed by atoms with E-state index in [0.717, 1.165) is 23.7 Å². The molecule has 0 unspecified atom stereocenters. The van der Waals surface area contributed by atoms with E-state index in [9.17, 15) is 0 Å². The summed E-state index contributed by atoms with van der Waals surface area (Å²) in [5.74, 6) is 3.57. The minimum absolute atomic E-state index is 0.823. The molecule has 0 radical (unpaired) electrons. The highest BCUT2D eigenvalue weighted by Crippen LogP contribution is 2.39. The predicted octanol–water partition coefficient (Wildman–Crippen LogP) is 7.61. The SMILES string of the molecule is C/C=C/CCC1CCC(c2ccc(C3CCC(C)CC3)cc2)CC1. The van der Waals surface area contributed by atoms with E-state index in [-0.39, 0.29) is 0 Å². The third kappa shape index (κ3) is 4.74. The molecule has 0 aliphatic heterocycles. The molecule has 1 aromatic rings. The first-order valence-corrected chi connectivity index (χ1v) is 10.5. The molecule has 0 saturated heterocycles. The summed E-state index contributed by atoms with van der Waals surface area (Å²) in [4.78, 5) is 0. The van der Waals surface area contributed by atoms with Crippen molar-refractivity contribution in [3.63, 3.8) is 0 Å². The molecule has 0 aromatic heterocycles. The van der Waals surface area contributed by atoms with E-state index in [1.165, 1.54) is 64.2 Å². The maximum absolute atomic E-state index is 2.46. The highest BCUT2D eigenvalue weighted by atomic mass is 14.3. The van der Waals surface area contributed by atoms with Crippen molar-refractivity contribution in [2.75, 3.05) is 0 Å². The van der Waals surface area contributed by atoms with Crippen LogP contribution in [0.15, 0.2) is 36.4 Å². The number of rotatable bonds is 5. The normalized spacial score (nSPS) is 31.4. The van der Waals surface area contributed by atoms with Crippen LogP contribution < -0.4 is 0 Å². The van der Waals surface area contributed by atoms with E-state index in [4.69, 9.17) is 0 Å². The van der Waals surface area contributed by atoms with Gasteiger partial charge in [0.25, 0.3) is 0 Å². The molecular weight excluding hydrogens is 288 g/mol. The van der Waals surface area contributed by atoms with Crippen molar-refractivity contribution in [3.05, 3.63) is 47.5 Å². The lowest BCUT2D eigenvalue weighted by molar-refractivity contribution is 0.311. The van der Waals surface area contributed by atoms with Gasteiger partial charge in [-0.15, -0.1) is 0 Å². The quantitative estimate of drug-likeness (QED) is 0.489. The molecule has 0 heteroatoms. The van der Waals surface area contributed by atoms with E-state index >= 15 is 0 Å². The zero-order chi connectivity index (χ0) is 16.8. The summed E-state index contributed by atoms with van der Waals surface area (Å²) in [7, 11) is 0. The van der Waals surface area contributed by atoms with Gasteiger partial charge in [0.05, 0.1) is 0 Å². The molecule has 3 rings (SSSR count). The first-order chi connectivity index (χ1) is 11.8. The van der Waals surface area contributed by atoms with E-state index in [1.807, 2.05) is 0 Å². The van der Waals surface area contributed by atoms with Crippen LogP contribution in [0.3, 0.4) is 0 Å².